The van der Waals surface area contributed by atoms with Crippen molar-refractivity contribution in [3.63, 3.8) is 0 Å². The Labute approximate surface area is 137 Å². The van der Waals surface area contributed by atoms with Crippen molar-refractivity contribution in [3.05, 3.63) is 38.3 Å². The second-order valence-corrected chi connectivity index (χ2v) is 6.49. The number of rotatable bonds is 5. The normalized spacial score (nSPS) is 17.0. The van der Waals surface area contributed by atoms with Gasteiger partial charge in [-0.2, -0.15) is 0 Å². The second-order valence-electron chi connectivity index (χ2n) is 5.64. The van der Waals surface area contributed by atoms with Gasteiger partial charge in [0.1, 0.15) is 0 Å². The van der Waals surface area contributed by atoms with Crippen molar-refractivity contribution in [2.45, 2.75) is 38.1 Å². The lowest BCUT2D eigenvalue weighted by Crippen LogP contribution is -2.46. The molecule has 22 heavy (non-hydrogen) atoms. The molecule has 1 saturated carbocycles. The molecule has 0 aromatic heterocycles. The summed E-state index contributed by atoms with van der Waals surface area (Å²) in [4.78, 5) is 22.6. The molecule has 1 amide bonds. The van der Waals surface area contributed by atoms with Crippen molar-refractivity contribution in [2.24, 2.45) is 11.7 Å². The van der Waals surface area contributed by atoms with Crippen LogP contribution in [0.2, 0.25) is 0 Å². The van der Waals surface area contributed by atoms with Crippen LogP contribution in [-0.2, 0) is 0 Å². The summed E-state index contributed by atoms with van der Waals surface area (Å²) in [6, 6.07) is 4.09. The summed E-state index contributed by atoms with van der Waals surface area (Å²) in [5, 5.41) is 13.7. The highest BCUT2D eigenvalue weighted by Crippen LogP contribution is 2.27. The van der Waals surface area contributed by atoms with Crippen LogP contribution < -0.4 is 11.1 Å². The number of nitro groups is 1. The SMILES string of the molecule is NCC(NC(=O)c1ccc([N+](=O)[O-])cc1Br)C1CCCCC1. The number of nitrogens with zero attached hydrogens (tertiary/aromatic N) is 1. The summed E-state index contributed by atoms with van der Waals surface area (Å²) in [6.07, 6.45) is 5.78. The molecule has 2 rings (SSSR count). The van der Waals surface area contributed by atoms with Crippen molar-refractivity contribution in [3.8, 4) is 0 Å². The van der Waals surface area contributed by atoms with E-state index in [1.807, 2.05) is 0 Å². The highest BCUT2D eigenvalue weighted by molar-refractivity contribution is 9.10. The molecular formula is C15H20BrN3O3. The average Bonchev–Trinajstić information content (AvgIpc) is 2.53. The van der Waals surface area contributed by atoms with Crippen molar-refractivity contribution in [2.75, 3.05) is 6.54 Å². The topological polar surface area (TPSA) is 98.3 Å². The van der Waals surface area contributed by atoms with Crippen molar-refractivity contribution < 1.29 is 9.72 Å². The van der Waals surface area contributed by atoms with Gasteiger partial charge in [0.15, 0.2) is 0 Å². The van der Waals surface area contributed by atoms with Crippen LogP contribution in [0.3, 0.4) is 0 Å². The van der Waals surface area contributed by atoms with E-state index in [2.05, 4.69) is 21.2 Å². The Kier molecular flexibility index (Phi) is 5.90. The summed E-state index contributed by atoms with van der Waals surface area (Å²) >= 11 is 3.23. The number of nitrogens with two attached hydrogens (primary N) is 1. The summed E-state index contributed by atoms with van der Waals surface area (Å²) in [5.74, 6) is 0.169. The molecule has 0 saturated heterocycles. The van der Waals surface area contributed by atoms with E-state index in [1.54, 1.807) is 0 Å². The maximum absolute atomic E-state index is 12.4. The fourth-order valence-corrected chi connectivity index (χ4v) is 3.50. The smallest absolute Gasteiger partial charge is 0.270 e. The van der Waals surface area contributed by atoms with Gasteiger partial charge >= 0.3 is 0 Å². The van der Waals surface area contributed by atoms with Crippen LogP contribution in [0.25, 0.3) is 0 Å². The van der Waals surface area contributed by atoms with Crippen molar-refractivity contribution in [1.29, 1.82) is 0 Å². The zero-order valence-electron chi connectivity index (χ0n) is 12.3. The lowest BCUT2D eigenvalue weighted by atomic mass is 9.84. The maximum atomic E-state index is 12.4. The molecule has 120 valence electrons. The third-order valence-corrected chi connectivity index (χ3v) is 4.85. The quantitative estimate of drug-likeness (QED) is 0.615. The van der Waals surface area contributed by atoms with E-state index in [0.717, 1.165) is 12.8 Å². The number of nitrogens with one attached hydrogen (secondary N) is 1. The zero-order valence-corrected chi connectivity index (χ0v) is 13.8. The fraction of sp³-hybridized carbons (Fsp3) is 0.533. The van der Waals surface area contributed by atoms with Crippen LogP contribution in [0.4, 0.5) is 5.69 Å². The number of carbonyl (C=O) groups excluding carboxylic acids is 1. The van der Waals surface area contributed by atoms with Gasteiger partial charge in [-0.3, -0.25) is 14.9 Å². The van der Waals surface area contributed by atoms with Crippen molar-refractivity contribution >= 4 is 27.5 Å². The van der Waals surface area contributed by atoms with Gasteiger partial charge in [0.2, 0.25) is 0 Å². The van der Waals surface area contributed by atoms with Crippen LogP contribution >= 0.6 is 15.9 Å². The Bertz CT molecular complexity index is 559. The standard InChI is InChI=1S/C15H20BrN3O3/c16-13-8-11(19(21)22)6-7-12(13)15(20)18-14(9-17)10-4-2-1-3-5-10/h6-8,10,14H,1-5,9,17H2,(H,18,20). The first-order valence-corrected chi connectivity index (χ1v) is 8.27. The minimum Gasteiger partial charge on any atom is -0.348 e. The van der Waals surface area contributed by atoms with Gasteiger partial charge in [0, 0.05) is 29.2 Å². The molecule has 1 aliphatic rings. The summed E-state index contributed by atoms with van der Waals surface area (Å²) in [5.41, 5.74) is 6.15. The zero-order chi connectivity index (χ0) is 16.1. The highest BCUT2D eigenvalue weighted by atomic mass is 79.9. The molecule has 0 radical (unpaired) electrons. The van der Waals surface area contributed by atoms with Crippen LogP contribution in [-0.4, -0.2) is 23.4 Å². The monoisotopic (exact) mass is 369 g/mol. The Morgan fingerprint density at radius 1 is 1.41 bits per heavy atom. The van der Waals surface area contributed by atoms with Gasteiger partial charge in [-0.1, -0.05) is 19.3 Å². The number of halogens is 1. The van der Waals surface area contributed by atoms with E-state index in [9.17, 15) is 14.9 Å². The third kappa shape index (κ3) is 4.04. The van der Waals surface area contributed by atoms with Crippen molar-refractivity contribution in [1.82, 2.24) is 5.32 Å². The minimum atomic E-state index is -0.489. The molecule has 3 N–H and O–H groups in total. The molecule has 1 atom stereocenters. The lowest BCUT2D eigenvalue weighted by molar-refractivity contribution is -0.384. The molecule has 0 aliphatic heterocycles. The first-order valence-electron chi connectivity index (χ1n) is 7.47. The summed E-state index contributed by atoms with van der Waals surface area (Å²) in [7, 11) is 0. The Morgan fingerprint density at radius 2 is 2.09 bits per heavy atom. The summed E-state index contributed by atoms with van der Waals surface area (Å²) < 4.78 is 0.415. The number of hydrogen-bond donors (Lipinski definition) is 2. The van der Waals surface area contributed by atoms with E-state index in [0.29, 0.717) is 22.5 Å². The van der Waals surface area contributed by atoms with E-state index in [4.69, 9.17) is 5.73 Å². The second kappa shape index (κ2) is 7.69. The first-order chi connectivity index (χ1) is 10.5. The predicted molar refractivity (Wildman–Crippen MR) is 87.7 cm³/mol. The summed E-state index contributed by atoms with van der Waals surface area (Å²) in [6.45, 7) is 0.404. The maximum Gasteiger partial charge on any atom is 0.270 e. The molecular weight excluding hydrogens is 350 g/mol. The van der Waals surface area contributed by atoms with Crippen LogP contribution in [0.15, 0.2) is 22.7 Å². The Balaban J connectivity index is 2.08. The molecule has 1 unspecified atom stereocenters. The molecule has 0 bridgehead atoms. The molecule has 1 aromatic rings. The Morgan fingerprint density at radius 3 is 2.64 bits per heavy atom. The molecule has 1 aromatic carbocycles. The fourth-order valence-electron chi connectivity index (χ4n) is 2.95. The number of non-ortho nitro benzene ring substituents is 1. The van der Waals surface area contributed by atoms with E-state index >= 15 is 0 Å². The predicted octanol–water partition coefficient (Wildman–Crippen LogP) is 2.99. The largest absolute Gasteiger partial charge is 0.348 e. The molecule has 6 nitrogen and oxygen atoms in total. The number of hydrogen-bond acceptors (Lipinski definition) is 4. The minimum absolute atomic E-state index is 0.0464. The highest BCUT2D eigenvalue weighted by Gasteiger charge is 2.25. The lowest BCUT2D eigenvalue weighted by Gasteiger charge is -2.30. The van der Waals surface area contributed by atoms with Crippen LogP contribution in [0, 0.1) is 16.0 Å². The first kappa shape index (κ1) is 16.9. The van der Waals surface area contributed by atoms with Crippen LogP contribution in [0.5, 0.6) is 0 Å². The Hall–Kier alpha value is -1.47. The van der Waals surface area contributed by atoms with Gasteiger partial charge in [-0.05, 0) is 40.8 Å². The van der Waals surface area contributed by atoms with Gasteiger partial charge in [-0.25, -0.2) is 0 Å². The molecule has 0 spiro atoms. The van der Waals surface area contributed by atoms with E-state index in [1.165, 1.54) is 37.5 Å². The average molecular weight is 370 g/mol. The number of benzene rings is 1. The third-order valence-electron chi connectivity index (χ3n) is 4.20. The molecule has 0 heterocycles. The van der Waals surface area contributed by atoms with E-state index < -0.39 is 4.92 Å². The van der Waals surface area contributed by atoms with E-state index in [-0.39, 0.29) is 17.6 Å². The number of carbonyl (C=O) groups is 1. The molecule has 1 aliphatic carbocycles. The molecule has 7 heteroatoms. The number of nitro benzene ring substituents is 1. The molecule has 1 fully saturated rings. The van der Waals surface area contributed by atoms with Gasteiger partial charge in [-0.15, -0.1) is 0 Å². The van der Waals surface area contributed by atoms with Gasteiger partial charge in [0.05, 0.1) is 10.5 Å². The van der Waals surface area contributed by atoms with Gasteiger partial charge < -0.3 is 11.1 Å². The number of amides is 1. The van der Waals surface area contributed by atoms with Gasteiger partial charge in [0.25, 0.3) is 11.6 Å². The van der Waals surface area contributed by atoms with Crippen LogP contribution in [0.1, 0.15) is 42.5 Å².